The Balaban J connectivity index is 0.00000514. The molecule has 0 saturated carbocycles. The zero-order valence-corrected chi connectivity index (χ0v) is 40.1. The summed E-state index contributed by atoms with van der Waals surface area (Å²) in [6.07, 6.45) is 7.32. The minimum Gasteiger partial charge on any atom is -0.354 e. The third kappa shape index (κ3) is 7.91. The molecule has 7 aromatic rings. The summed E-state index contributed by atoms with van der Waals surface area (Å²) < 4.78 is 0. The van der Waals surface area contributed by atoms with Gasteiger partial charge in [0.1, 0.15) is 0 Å². The Kier molecular flexibility index (Phi) is 13.1. The topological polar surface area (TPSA) is 57.4 Å². The maximum atomic E-state index is 6.99. The molecule has 0 aliphatic carbocycles. The number of hydrogen-bond acceptors (Lipinski definition) is 2. The van der Waals surface area contributed by atoms with Gasteiger partial charge in [-0.3, -0.25) is 0 Å². The summed E-state index contributed by atoms with van der Waals surface area (Å²) in [7, 11) is 0. The van der Waals surface area contributed by atoms with Gasteiger partial charge in [-0.05, 0) is 97.1 Å². The molecule has 8 bridgehead atoms. The van der Waals surface area contributed by atoms with E-state index >= 15 is 0 Å². The first-order valence-corrected chi connectivity index (χ1v) is 22.0. The number of H-pyrrole nitrogens is 2. The summed E-state index contributed by atoms with van der Waals surface area (Å²) in [5.41, 5.74) is 7.87. The first-order valence-electron chi connectivity index (χ1n) is 17.4. The second-order valence-corrected chi connectivity index (χ2v) is 18.1. The second kappa shape index (κ2) is 17.8. The number of hydrogen-bond donors (Lipinski definition) is 2. The molecule has 0 spiro atoms. The van der Waals surface area contributed by atoms with E-state index in [1.807, 2.05) is 48.6 Å². The number of aromatic nitrogens is 4. The molecule has 2 aliphatic rings. The molecule has 0 fully saturated rings. The Bertz CT molecular complexity index is 2840. The fraction of sp³-hybridized carbons (Fsp3) is 0. The third-order valence-corrected chi connectivity index (χ3v) is 14.4. The normalized spacial score (nSPS) is 12.0. The second-order valence-electron chi connectivity index (χ2n) is 13.4. The molecular formula is C44H18Cl12CoN4. The first kappa shape index (κ1) is 45.1. The van der Waals surface area contributed by atoms with E-state index in [0.717, 1.165) is 0 Å². The predicted molar refractivity (Wildman–Crippen MR) is 261 cm³/mol. The van der Waals surface area contributed by atoms with Gasteiger partial charge in [-0.2, -0.15) is 0 Å². The first-order chi connectivity index (χ1) is 28.7. The maximum Gasteiger partial charge on any atom is 0.0738 e. The standard InChI is InChI=1S/C44H18Cl12N4.Co/c45-17-1-5-21(49)41(53)33(17)37-25-9-11-27(57-25)38(34-18(46)2-6-22(50)42(34)54)29-13-15-31(59-29)40(36-20(48)4-8-24(52)44(36)56)32-16-14-30(60-32)39(28-12-10-26(37)58-28)35-19(47)3-7-23(51)43(35)55;/h1-16,57,60H;. The van der Waals surface area contributed by atoms with Crippen molar-refractivity contribution in [3.63, 3.8) is 0 Å². The van der Waals surface area contributed by atoms with Gasteiger partial charge in [0.05, 0.1) is 83.0 Å². The van der Waals surface area contributed by atoms with Crippen molar-refractivity contribution in [1.82, 2.24) is 19.9 Å². The molecule has 61 heavy (non-hydrogen) atoms. The molecule has 4 nitrogen and oxygen atoms in total. The number of nitrogens with zero attached hydrogens (tertiary/aromatic N) is 2. The van der Waals surface area contributed by atoms with Crippen LogP contribution in [-0.4, -0.2) is 19.9 Å². The van der Waals surface area contributed by atoms with Crippen LogP contribution in [0, 0.1) is 0 Å². The molecule has 17 heteroatoms. The summed E-state index contributed by atoms with van der Waals surface area (Å²) in [5, 5.41) is 3.25. The Morgan fingerprint density at radius 3 is 0.672 bits per heavy atom. The molecule has 5 heterocycles. The third-order valence-electron chi connectivity index (χ3n) is 9.93. The van der Waals surface area contributed by atoms with Gasteiger partial charge < -0.3 is 9.97 Å². The largest absolute Gasteiger partial charge is 0.354 e. The van der Waals surface area contributed by atoms with Gasteiger partial charge in [-0.15, -0.1) is 0 Å². The summed E-state index contributed by atoms with van der Waals surface area (Å²) >= 11 is 82.4. The zero-order chi connectivity index (χ0) is 42.3. The van der Waals surface area contributed by atoms with Crippen LogP contribution in [-0.2, 0) is 16.8 Å². The van der Waals surface area contributed by atoms with E-state index in [4.69, 9.17) is 149 Å². The molecule has 4 aromatic carbocycles. The van der Waals surface area contributed by atoms with Crippen molar-refractivity contribution in [2.75, 3.05) is 0 Å². The SMILES string of the molecule is Clc1ccc(Cl)c(-c2c3nc(c(-c4c(Cl)ccc(Cl)c4Cl)c4ccc([nH]4)c(-c4c(Cl)ccc(Cl)c4Cl)c4nc(c(-c5c(Cl)ccc(Cl)c5Cl)c5ccc2[nH]5)C=C4)C=C3)c1Cl.[Co]. The summed E-state index contributed by atoms with van der Waals surface area (Å²) in [6, 6.07) is 20.6. The number of rotatable bonds is 4. The van der Waals surface area contributed by atoms with E-state index in [1.165, 1.54) is 0 Å². The van der Waals surface area contributed by atoms with Crippen molar-refractivity contribution in [3.8, 4) is 44.5 Å². The zero-order valence-electron chi connectivity index (χ0n) is 30.0. The van der Waals surface area contributed by atoms with Crippen molar-refractivity contribution in [2.45, 2.75) is 0 Å². The van der Waals surface area contributed by atoms with Crippen molar-refractivity contribution in [3.05, 3.63) is 156 Å². The Morgan fingerprint density at radius 2 is 0.459 bits per heavy atom. The maximum absolute atomic E-state index is 6.99. The number of benzene rings is 4. The van der Waals surface area contributed by atoms with E-state index in [9.17, 15) is 0 Å². The number of nitrogens with one attached hydrogen (secondary N) is 2. The Morgan fingerprint density at radius 1 is 0.262 bits per heavy atom. The molecular weight excluding hydrogens is 1070 g/mol. The van der Waals surface area contributed by atoms with Gasteiger partial charge in [0, 0.05) is 83.4 Å². The van der Waals surface area contributed by atoms with Crippen LogP contribution in [0.1, 0.15) is 22.8 Å². The van der Waals surface area contributed by atoms with Gasteiger partial charge in [-0.1, -0.05) is 139 Å². The predicted octanol–water partition coefficient (Wildman–Crippen LogP) is 19.2. The average molecular weight is 1090 g/mol. The number of aromatic amines is 2. The molecule has 0 amide bonds. The fourth-order valence-corrected chi connectivity index (χ4v) is 10.2. The fourth-order valence-electron chi connectivity index (χ4n) is 7.28. The van der Waals surface area contributed by atoms with Gasteiger partial charge in [0.25, 0.3) is 0 Å². The molecule has 307 valence electrons. The van der Waals surface area contributed by atoms with Crippen molar-refractivity contribution >= 4 is 186 Å². The Labute approximate surface area is 418 Å². The van der Waals surface area contributed by atoms with Gasteiger partial charge >= 0.3 is 0 Å². The molecule has 0 unspecified atom stereocenters. The van der Waals surface area contributed by atoms with Crippen LogP contribution in [0.2, 0.25) is 60.3 Å². The minimum absolute atomic E-state index is 0. The van der Waals surface area contributed by atoms with E-state index in [2.05, 4.69) is 9.97 Å². The van der Waals surface area contributed by atoms with Gasteiger partial charge in [0.2, 0.25) is 0 Å². The summed E-state index contributed by atoms with van der Waals surface area (Å²) in [6.45, 7) is 0. The van der Waals surface area contributed by atoms with E-state index in [0.29, 0.717) is 109 Å². The van der Waals surface area contributed by atoms with Crippen LogP contribution in [0.5, 0.6) is 0 Å². The monoisotopic (exact) mass is 1080 g/mol. The van der Waals surface area contributed by atoms with E-state index < -0.39 is 0 Å². The quantitative estimate of drug-likeness (QED) is 0.173. The molecule has 0 atom stereocenters. The van der Waals surface area contributed by atoms with Crippen LogP contribution in [0.3, 0.4) is 0 Å². The summed E-state index contributed by atoms with van der Waals surface area (Å²) in [4.78, 5) is 17.5. The van der Waals surface area contributed by atoms with Crippen LogP contribution in [0.4, 0.5) is 0 Å². The molecule has 0 saturated heterocycles. The van der Waals surface area contributed by atoms with Crippen molar-refractivity contribution < 1.29 is 16.8 Å². The molecule has 2 N–H and O–H groups in total. The van der Waals surface area contributed by atoms with Crippen LogP contribution in [0.25, 0.3) is 90.9 Å². The Hall–Kier alpha value is -2.53. The molecule has 3 aromatic heterocycles. The smallest absolute Gasteiger partial charge is 0.0738 e. The molecule has 2 aliphatic heterocycles. The van der Waals surface area contributed by atoms with Crippen LogP contribution >= 0.6 is 139 Å². The van der Waals surface area contributed by atoms with Crippen LogP contribution < -0.4 is 0 Å². The van der Waals surface area contributed by atoms with Gasteiger partial charge in [0.15, 0.2) is 0 Å². The molecule has 9 rings (SSSR count). The average Bonchev–Trinajstić information content (AvgIpc) is 4.07. The van der Waals surface area contributed by atoms with E-state index in [-0.39, 0.29) is 57.0 Å². The summed E-state index contributed by atoms with van der Waals surface area (Å²) in [5.74, 6) is 0. The van der Waals surface area contributed by atoms with Crippen molar-refractivity contribution in [1.29, 1.82) is 0 Å². The van der Waals surface area contributed by atoms with Crippen LogP contribution in [0.15, 0.2) is 72.8 Å². The number of halogens is 12. The van der Waals surface area contributed by atoms with Crippen molar-refractivity contribution in [2.24, 2.45) is 0 Å². The molecule has 1 radical (unpaired) electrons. The minimum atomic E-state index is 0. The number of fused-ring (bicyclic) bond motifs is 8. The van der Waals surface area contributed by atoms with E-state index in [1.54, 1.807) is 48.5 Å². The van der Waals surface area contributed by atoms with Gasteiger partial charge in [-0.25, -0.2) is 9.97 Å².